The van der Waals surface area contributed by atoms with Gasteiger partial charge in [-0.2, -0.15) is 13.2 Å². The summed E-state index contributed by atoms with van der Waals surface area (Å²) in [5.41, 5.74) is 1.75. The van der Waals surface area contributed by atoms with Crippen LogP contribution >= 0.6 is 11.6 Å². The maximum Gasteiger partial charge on any atom is 0.422 e. The molecular formula is C21H19ClF3N3O3. The van der Waals surface area contributed by atoms with E-state index in [1.165, 1.54) is 18.3 Å². The molecule has 1 fully saturated rings. The van der Waals surface area contributed by atoms with Crippen LogP contribution in [0, 0.1) is 5.92 Å². The number of nitrogens with zero attached hydrogens (tertiary/aromatic N) is 2. The first-order chi connectivity index (χ1) is 14.6. The Morgan fingerprint density at radius 2 is 2.10 bits per heavy atom. The quantitative estimate of drug-likeness (QED) is 0.685. The molecule has 10 heteroatoms. The Balaban J connectivity index is 1.51. The minimum absolute atomic E-state index is 0.00464. The number of aromatic nitrogens is 1. The molecule has 4 rings (SSSR count). The molecule has 0 spiro atoms. The van der Waals surface area contributed by atoms with Gasteiger partial charge in [-0.15, -0.1) is 0 Å². The van der Waals surface area contributed by atoms with Crippen molar-refractivity contribution in [2.45, 2.75) is 38.5 Å². The molecule has 1 unspecified atom stereocenters. The molecule has 6 nitrogen and oxygen atoms in total. The van der Waals surface area contributed by atoms with Gasteiger partial charge in [0.25, 0.3) is 5.91 Å². The van der Waals surface area contributed by atoms with E-state index in [0.717, 1.165) is 12.8 Å². The lowest BCUT2D eigenvalue weighted by atomic mass is 10.1. The van der Waals surface area contributed by atoms with Crippen molar-refractivity contribution in [2.75, 3.05) is 11.9 Å². The molecule has 2 heterocycles. The zero-order valence-corrected chi connectivity index (χ0v) is 17.3. The van der Waals surface area contributed by atoms with Crippen LogP contribution in [0.5, 0.6) is 5.75 Å². The van der Waals surface area contributed by atoms with E-state index in [1.807, 2.05) is 0 Å². The van der Waals surface area contributed by atoms with Crippen molar-refractivity contribution in [2.24, 2.45) is 5.92 Å². The molecule has 1 aliphatic heterocycles. The normalized spacial score (nSPS) is 16.8. The summed E-state index contributed by atoms with van der Waals surface area (Å²) >= 11 is 6.10. The lowest BCUT2D eigenvalue weighted by Crippen LogP contribution is -2.27. The highest BCUT2D eigenvalue weighted by molar-refractivity contribution is 6.32. The maximum atomic E-state index is 13.0. The van der Waals surface area contributed by atoms with Gasteiger partial charge in [-0.3, -0.25) is 9.59 Å². The number of carbonyl (C=O) groups excluding carboxylic acids is 2. The third kappa shape index (κ3) is 4.61. The van der Waals surface area contributed by atoms with Gasteiger partial charge in [0.2, 0.25) is 5.91 Å². The number of carbonyl (C=O) groups is 2. The van der Waals surface area contributed by atoms with Crippen molar-refractivity contribution in [3.8, 4) is 5.75 Å². The summed E-state index contributed by atoms with van der Waals surface area (Å²) in [4.78, 5) is 30.9. The topological polar surface area (TPSA) is 71.5 Å². The summed E-state index contributed by atoms with van der Waals surface area (Å²) < 4.78 is 41.8. The highest BCUT2D eigenvalue weighted by atomic mass is 35.5. The van der Waals surface area contributed by atoms with E-state index in [1.54, 1.807) is 24.0 Å². The summed E-state index contributed by atoms with van der Waals surface area (Å²) in [6.45, 7) is 0.596. The molecule has 1 aromatic heterocycles. The fraction of sp³-hybridized carbons (Fsp3) is 0.381. The van der Waals surface area contributed by atoms with E-state index in [4.69, 9.17) is 16.3 Å². The minimum atomic E-state index is -4.47. The van der Waals surface area contributed by atoms with Crippen LogP contribution in [0.3, 0.4) is 0 Å². The molecule has 0 bridgehead atoms. The molecule has 2 aromatic rings. The zero-order chi connectivity index (χ0) is 22.3. The predicted octanol–water partition coefficient (Wildman–Crippen LogP) is 4.74. The van der Waals surface area contributed by atoms with Crippen LogP contribution in [0.15, 0.2) is 30.5 Å². The fourth-order valence-electron chi connectivity index (χ4n) is 3.47. The van der Waals surface area contributed by atoms with Crippen LogP contribution in [-0.4, -0.2) is 34.5 Å². The Hall–Kier alpha value is -2.81. The Morgan fingerprint density at radius 3 is 2.74 bits per heavy atom. The average molecular weight is 454 g/mol. The summed E-state index contributed by atoms with van der Waals surface area (Å²) in [5.74, 6) is -0.0157. The molecule has 31 heavy (non-hydrogen) atoms. The van der Waals surface area contributed by atoms with Crippen LogP contribution in [-0.2, 0) is 11.3 Å². The number of alkyl halides is 3. The summed E-state index contributed by atoms with van der Waals surface area (Å²) in [7, 11) is 0. The third-order valence-electron chi connectivity index (χ3n) is 5.36. The Bertz CT molecular complexity index is 1040. The van der Waals surface area contributed by atoms with Crippen molar-refractivity contribution >= 4 is 29.2 Å². The molecule has 1 aromatic carbocycles. The van der Waals surface area contributed by atoms with E-state index in [-0.39, 0.29) is 35.0 Å². The van der Waals surface area contributed by atoms with Crippen molar-refractivity contribution in [3.63, 3.8) is 0 Å². The van der Waals surface area contributed by atoms with E-state index in [9.17, 15) is 22.8 Å². The maximum absolute atomic E-state index is 13.0. The van der Waals surface area contributed by atoms with Gasteiger partial charge >= 0.3 is 6.18 Å². The fourth-order valence-corrected chi connectivity index (χ4v) is 3.71. The van der Waals surface area contributed by atoms with Crippen LogP contribution in [0.25, 0.3) is 0 Å². The van der Waals surface area contributed by atoms with Crippen LogP contribution in [0.4, 0.5) is 19.0 Å². The summed E-state index contributed by atoms with van der Waals surface area (Å²) in [5, 5.41) is 2.83. The van der Waals surface area contributed by atoms with E-state index in [0.29, 0.717) is 22.5 Å². The van der Waals surface area contributed by atoms with Gasteiger partial charge in [0.15, 0.2) is 6.61 Å². The molecule has 1 N–H and O–H groups in total. The number of hydrogen-bond acceptors (Lipinski definition) is 4. The van der Waals surface area contributed by atoms with Gasteiger partial charge in [-0.1, -0.05) is 17.7 Å². The van der Waals surface area contributed by atoms with Gasteiger partial charge in [-0.25, -0.2) is 4.98 Å². The van der Waals surface area contributed by atoms with Gasteiger partial charge in [0, 0.05) is 23.2 Å². The second-order valence-corrected chi connectivity index (χ2v) is 8.06. The lowest BCUT2D eigenvalue weighted by Gasteiger charge is -2.25. The molecule has 1 saturated carbocycles. The Labute approximate surface area is 181 Å². The first-order valence-electron chi connectivity index (χ1n) is 9.73. The number of rotatable bonds is 6. The number of hydrogen-bond donors (Lipinski definition) is 1. The molecule has 2 aliphatic rings. The monoisotopic (exact) mass is 453 g/mol. The van der Waals surface area contributed by atoms with E-state index < -0.39 is 18.8 Å². The Kier molecular flexibility index (Phi) is 5.55. The predicted molar refractivity (Wildman–Crippen MR) is 107 cm³/mol. The Morgan fingerprint density at radius 1 is 1.35 bits per heavy atom. The highest BCUT2D eigenvalue weighted by Gasteiger charge is 2.36. The molecule has 1 atom stereocenters. The highest BCUT2D eigenvalue weighted by Crippen LogP contribution is 2.37. The molecule has 164 valence electrons. The molecule has 1 aliphatic carbocycles. The van der Waals surface area contributed by atoms with Gasteiger partial charge < -0.3 is 15.0 Å². The van der Waals surface area contributed by atoms with Crippen molar-refractivity contribution in [1.29, 1.82) is 0 Å². The van der Waals surface area contributed by atoms with Gasteiger partial charge in [0.1, 0.15) is 11.6 Å². The number of fused-ring (bicyclic) bond motifs is 1. The zero-order valence-electron chi connectivity index (χ0n) is 16.5. The number of amides is 2. The SMILES string of the molecule is CC(c1ccc(OCC(F)(F)F)c(Cl)c1)N1Cc2c(ccnc2NC(=O)C2CC2)C1=O. The van der Waals surface area contributed by atoms with E-state index in [2.05, 4.69) is 10.3 Å². The number of pyridine rings is 1. The summed E-state index contributed by atoms with van der Waals surface area (Å²) in [6.07, 6.45) is -1.28. The lowest BCUT2D eigenvalue weighted by molar-refractivity contribution is -0.153. The second-order valence-electron chi connectivity index (χ2n) is 7.65. The van der Waals surface area contributed by atoms with Crippen molar-refractivity contribution in [1.82, 2.24) is 9.88 Å². The number of ether oxygens (including phenoxy) is 1. The van der Waals surface area contributed by atoms with Gasteiger partial charge in [-0.05, 0) is 43.5 Å². The number of benzene rings is 1. The molecule has 0 radical (unpaired) electrons. The van der Waals surface area contributed by atoms with Crippen LogP contribution < -0.4 is 10.1 Å². The third-order valence-corrected chi connectivity index (χ3v) is 5.66. The van der Waals surface area contributed by atoms with Crippen molar-refractivity contribution in [3.05, 3.63) is 52.2 Å². The van der Waals surface area contributed by atoms with Gasteiger partial charge in [0.05, 0.1) is 17.6 Å². The largest absolute Gasteiger partial charge is 0.483 e. The molecule has 2 amide bonds. The number of nitrogens with one attached hydrogen (secondary N) is 1. The first kappa shape index (κ1) is 21.4. The first-order valence-corrected chi connectivity index (χ1v) is 10.1. The number of anilines is 1. The smallest absolute Gasteiger partial charge is 0.422 e. The standard InChI is InChI=1S/C21H19ClF3N3O3/c1-11(13-4-5-17(16(22)8-13)31-10-21(23,24)25)28-9-15-14(20(28)30)6-7-26-18(15)27-19(29)12-2-3-12/h4-8,11-12H,2-3,9-10H2,1H3,(H,26,27,29). The number of halogens is 4. The van der Waals surface area contributed by atoms with Crippen LogP contribution in [0.2, 0.25) is 5.02 Å². The second kappa shape index (κ2) is 8.03. The average Bonchev–Trinajstić information content (AvgIpc) is 3.50. The molecule has 0 saturated heterocycles. The molecular weight excluding hydrogens is 435 g/mol. The van der Waals surface area contributed by atoms with E-state index >= 15 is 0 Å². The minimum Gasteiger partial charge on any atom is -0.483 e. The van der Waals surface area contributed by atoms with Crippen LogP contribution in [0.1, 0.15) is 47.3 Å². The summed E-state index contributed by atoms with van der Waals surface area (Å²) in [6, 6.07) is 5.62. The van der Waals surface area contributed by atoms with Crippen molar-refractivity contribution < 1.29 is 27.5 Å².